The SMILES string of the molecule is CC(NC(=O)COc1cc(Cl)cc(Cl)c1)c1cccs1. The van der Waals surface area contributed by atoms with Crippen molar-refractivity contribution in [2.24, 2.45) is 0 Å². The van der Waals surface area contributed by atoms with Crippen LogP contribution in [0.25, 0.3) is 0 Å². The molecule has 1 unspecified atom stereocenters. The summed E-state index contributed by atoms with van der Waals surface area (Å²) in [4.78, 5) is 12.9. The monoisotopic (exact) mass is 329 g/mol. The zero-order valence-electron chi connectivity index (χ0n) is 10.7. The first-order valence-electron chi connectivity index (χ1n) is 5.96. The lowest BCUT2D eigenvalue weighted by Crippen LogP contribution is -2.30. The molecule has 0 fully saturated rings. The van der Waals surface area contributed by atoms with Gasteiger partial charge in [-0.25, -0.2) is 0 Å². The highest BCUT2D eigenvalue weighted by Gasteiger charge is 2.11. The molecule has 20 heavy (non-hydrogen) atoms. The van der Waals surface area contributed by atoms with Crippen molar-refractivity contribution in [3.05, 3.63) is 50.6 Å². The Morgan fingerprint density at radius 2 is 2.05 bits per heavy atom. The van der Waals surface area contributed by atoms with Crippen LogP contribution in [0.4, 0.5) is 0 Å². The number of benzene rings is 1. The predicted octanol–water partition coefficient (Wildman–Crippen LogP) is 4.31. The number of halogens is 2. The van der Waals surface area contributed by atoms with Crippen molar-refractivity contribution < 1.29 is 9.53 Å². The van der Waals surface area contributed by atoms with Gasteiger partial charge in [-0.15, -0.1) is 11.3 Å². The Bertz CT molecular complexity index is 567. The van der Waals surface area contributed by atoms with Crippen molar-refractivity contribution in [3.8, 4) is 5.75 Å². The number of hydrogen-bond acceptors (Lipinski definition) is 3. The maximum atomic E-state index is 11.8. The summed E-state index contributed by atoms with van der Waals surface area (Å²) in [6.07, 6.45) is 0. The Labute approximate surface area is 131 Å². The quantitative estimate of drug-likeness (QED) is 0.887. The molecule has 0 bridgehead atoms. The lowest BCUT2D eigenvalue weighted by molar-refractivity contribution is -0.123. The smallest absolute Gasteiger partial charge is 0.258 e. The van der Waals surface area contributed by atoms with E-state index in [1.807, 2.05) is 24.4 Å². The molecule has 0 saturated heterocycles. The minimum absolute atomic E-state index is 0.0333. The minimum atomic E-state index is -0.193. The third-order valence-electron chi connectivity index (χ3n) is 2.55. The predicted molar refractivity (Wildman–Crippen MR) is 82.8 cm³/mol. The maximum Gasteiger partial charge on any atom is 0.258 e. The third-order valence-corrected chi connectivity index (χ3v) is 4.04. The van der Waals surface area contributed by atoms with Crippen molar-refractivity contribution in [1.82, 2.24) is 5.32 Å². The van der Waals surface area contributed by atoms with Gasteiger partial charge in [0.05, 0.1) is 6.04 Å². The Kier molecular flexibility index (Phi) is 5.29. The highest BCUT2D eigenvalue weighted by Crippen LogP contribution is 2.24. The van der Waals surface area contributed by atoms with Gasteiger partial charge in [-0.1, -0.05) is 29.3 Å². The lowest BCUT2D eigenvalue weighted by atomic mass is 10.3. The molecule has 0 spiro atoms. The molecule has 0 aliphatic heterocycles. The molecule has 1 amide bonds. The fourth-order valence-corrected chi connectivity index (χ4v) is 2.89. The van der Waals surface area contributed by atoms with Gasteiger partial charge in [0, 0.05) is 14.9 Å². The zero-order chi connectivity index (χ0) is 14.5. The summed E-state index contributed by atoms with van der Waals surface area (Å²) in [7, 11) is 0. The highest BCUT2D eigenvalue weighted by molar-refractivity contribution is 7.10. The van der Waals surface area contributed by atoms with E-state index in [1.165, 1.54) is 0 Å². The normalized spacial score (nSPS) is 11.9. The van der Waals surface area contributed by atoms with E-state index < -0.39 is 0 Å². The van der Waals surface area contributed by atoms with Crippen LogP contribution in [-0.2, 0) is 4.79 Å². The molecular formula is C14H13Cl2NO2S. The van der Waals surface area contributed by atoms with E-state index in [4.69, 9.17) is 27.9 Å². The molecule has 0 aliphatic rings. The van der Waals surface area contributed by atoms with E-state index in [9.17, 15) is 4.79 Å². The van der Waals surface area contributed by atoms with E-state index in [-0.39, 0.29) is 18.6 Å². The van der Waals surface area contributed by atoms with Gasteiger partial charge in [0.1, 0.15) is 5.75 Å². The van der Waals surface area contributed by atoms with Crippen LogP contribution < -0.4 is 10.1 Å². The molecule has 2 aromatic rings. The summed E-state index contributed by atoms with van der Waals surface area (Å²) < 4.78 is 5.37. The van der Waals surface area contributed by atoms with Crippen LogP contribution in [0.15, 0.2) is 35.7 Å². The van der Waals surface area contributed by atoms with E-state index in [0.717, 1.165) is 4.88 Å². The van der Waals surface area contributed by atoms with Gasteiger partial charge in [-0.2, -0.15) is 0 Å². The molecule has 6 heteroatoms. The molecule has 0 aliphatic carbocycles. The maximum absolute atomic E-state index is 11.8. The zero-order valence-corrected chi connectivity index (χ0v) is 13.1. The van der Waals surface area contributed by atoms with Crippen molar-refractivity contribution in [1.29, 1.82) is 0 Å². The van der Waals surface area contributed by atoms with Crippen molar-refractivity contribution >= 4 is 40.4 Å². The Morgan fingerprint density at radius 1 is 1.35 bits per heavy atom. The topological polar surface area (TPSA) is 38.3 Å². The van der Waals surface area contributed by atoms with E-state index in [1.54, 1.807) is 29.5 Å². The molecule has 1 N–H and O–H groups in total. The molecule has 3 nitrogen and oxygen atoms in total. The molecule has 0 radical (unpaired) electrons. The third kappa shape index (κ3) is 4.40. The number of hydrogen-bond donors (Lipinski definition) is 1. The second kappa shape index (κ2) is 6.97. The van der Waals surface area contributed by atoms with Crippen molar-refractivity contribution in [3.63, 3.8) is 0 Å². The second-order valence-electron chi connectivity index (χ2n) is 4.20. The van der Waals surface area contributed by atoms with Crippen LogP contribution in [-0.4, -0.2) is 12.5 Å². The Morgan fingerprint density at radius 3 is 2.65 bits per heavy atom. The molecule has 1 heterocycles. The summed E-state index contributed by atoms with van der Waals surface area (Å²) in [6, 6.07) is 8.73. The molecule has 106 valence electrons. The van der Waals surface area contributed by atoms with Gasteiger partial charge in [0.2, 0.25) is 0 Å². The van der Waals surface area contributed by atoms with Crippen molar-refractivity contribution in [2.45, 2.75) is 13.0 Å². The largest absolute Gasteiger partial charge is 0.484 e. The van der Waals surface area contributed by atoms with Crippen molar-refractivity contribution in [2.75, 3.05) is 6.61 Å². The van der Waals surface area contributed by atoms with Gasteiger partial charge in [0.25, 0.3) is 5.91 Å². The van der Waals surface area contributed by atoms with Gasteiger partial charge in [-0.05, 0) is 36.6 Å². The summed E-state index contributed by atoms with van der Waals surface area (Å²) in [5.74, 6) is 0.281. The highest BCUT2D eigenvalue weighted by atomic mass is 35.5. The van der Waals surface area contributed by atoms with Gasteiger partial charge in [0.15, 0.2) is 6.61 Å². The first-order chi connectivity index (χ1) is 9.54. The summed E-state index contributed by atoms with van der Waals surface area (Å²) in [5, 5.41) is 5.78. The summed E-state index contributed by atoms with van der Waals surface area (Å²) in [5.41, 5.74) is 0. The van der Waals surface area contributed by atoms with Crippen LogP contribution in [0.3, 0.4) is 0 Å². The average molecular weight is 330 g/mol. The number of rotatable bonds is 5. The number of ether oxygens (including phenoxy) is 1. The molecule has 1 aromatic carbocycles. The molecule has 1 atom stereocenters. The molecular weight excluding hydrogens is 317 g/mol. The standard InChI is InChI=1S/C14H13Cl2NO2S/c1-9(13-3-2-4-20-13)17-14(18)8-19-12-6-10(15)5-11(16)7-12/h2-7,9H,8H2,1H3,(H,17,18). The Hall–Kier alpha value is -1.23. The first-order valence-corrected chi connectivity index (χ1v) is 7.60. The van der Waals surface area contributed by atoms with E-state index in [2.05, 4.69) is 5.32 Å². The number of nitrogens with one attached hydrogen (secondary N) is 1. The molecule has 0 saturated carbocycles. The number of carbonyl (C=O) groups excluding carboxylic acids is 1. The first kappa shape index (κ1) is 15.2. The van der Waals surface area contributed by atoms with Crippen LogP contribution >= 0.6 is 34.5 Å². The fourth-order valence-electron chi connectivity index (χ4n) is 1.65. The van der Waals surface area contributed by atoms with E-state index >= 15 is 0 Å². The van der Waals surface area contributed by atoms with Crippen LogP contribution in [0.2, 0.25) is 10.0 Å². The molecule has 2 rings (SSSR count). The number of carbonyl (C=O) groups is 1. The Balaban J connectivity index is 1.86. The number of amides is 1. The summed E-state index contributed by atoms with van der Waals surface area (Å²) >= 11 is 13.3. The fraction of sp³-hybridized carbons (Fsp3) is 0.214. The minimum Gasteiger partial charge on any atom is -0.484 e. The van der Waals surface area contributed by atoms with Crippen LogP contribution in [0, 0.1) is 0 Å². The lowest BCUT2D eigenvalue weighted by Gasteiger charge is -2.13. The number of thiophene rings is 1. The summed E-state index contributed by atoms with van der Waals surface area (Å²) in [6.45, 7) is 1.85. The van der Waals surface area contributed by atoms with Crippen LogP contribution in [0.5, 0.6) is 5.75 Å². The van der Waals surface area contributed by atoms with E-state index in [0.29, 0.717) is 15.8 Å². The molecule has 1 aromatic heterocycles. The van der Waals surface area contributed by atoms with Gasteiger partial charge < -0.3 is 10.1 Å². The average Bonchev–Trinajstić information content (AvgIpc) is 2.89. The van der Waals surface area contributed by atoms with Crippen LogP contribution in [0.1, 0.15) is 17.8 Å². The van der Waals surface area contributed by atoms with Gasteiger partial charge >= 0.3 is 0 Å². The second-order valence-corrected chi connectivity index (χ2v) is 6.05. The van der Waals surface area contributed by atoms with Gasteiger partial charge in [-0.3, -0.25) is 4.79 Å².